The van der Waals surface area contributed by atoms with Crippen LogP contribution in [0.3, 0.4) is 0 Å². The molecule has 2 aromatic carbocycles. The normalized spacial score (nSPS) is 23.9. The minimum atomic E-state index is 0.290. The molecule has 0 radical (unpaired) electrons. The number of phenols is 1. The molecular weight excluding hydrogens is 254 g/mol. The summed E-state index contributed by atoms with van der Waals surface area (Å²) < 4.78 is 0. The molecule has 19 heavy (non-hydrogen) atoms. The van der Waals surface area contributed by atoms with Gasteiger partial charge in [-0.25, -0.2) is 0 Å². The number of benzene rings is 2. The van der Waals surface area contributed by atoms with E-state index in [1.54, 1.807) is 12.1 Å². The molecule has 3 heteroatoms. The molecule has 1 aliphatic carbocycles. The van der Waals surface area contributed by atoms with Crippen molar-refractivity contribution in [2.24, 2.45) is 4.99 Å². The van der Waals surface area contributed by atoms with Crippen LogP contribution in [0.25, 0.3) is 0 Å². The second-order valence-electron chi connectivity index (χ2n) is 4.99. The van der Waals surface area contributed by atoms with Gasteiger partial charge in [0.15, 0.2) is 0 Å². The van der Waals surface area contributed by atoms with Gasteiger partial charge in [0.1, 0.15) is 5.75 Å². The van der Waals surface area contributed by atoms with Crippen molar-refractivity contribution in [3.05, 3.63) is 65.2 Å². The van der Waals surface area contributed by atoms with E-state index < -0.39 is 0 Å². The van der Waals surface area contributed by atoms with Gasteiger partial charge in [-0.3, -0.25) is 4.99 Å². The third kappa shape index (κ3) is 1.77. The van der Waals surface area contributed by atoms with Crippen molar-refractivity contribution in [1.29, 1.82) is 0 Å². The van der Waals surface area contributed by atoms with E-state index in [1.807, 2.05) is 23.9 Å². The zero-order valence-electron chi connectivity index (χ0n) is 10.3. The van der Waals surface area contributed by atoms with Gasteiger partial charge in [0.25, 0.3) is 0 Å². The number of rotatable bonds is 1. The first-order valence-electron chi connectivity index (χ1n) is 6.43. The highest BCUT2D eigenvalue weighted by atomic mass is 32.2. The number of aliphatic imine (C=N–C) groups is 1. The average molecular weight is 267 g/mol. The fourth-order valence-corrected chi connectivity index (χ4v) is 4.20. The maximum atomic E-state index is 9.57. The SMILES string of the molecule is Oc1cccc(C2=N[C@H]3c4ccccc4C[C@@H]3S2)c1. The standard InChI is InChI=1S/C16H13NOS/c18-12-6-3-5-11(8-12)16-17-15-13-7-2-1-4-10(13)9-14(15)19-16/h1-8,14-15,18H,9H2/t14-,15-/m0/s1. The summed E-state index contributed by atoms with van der Waals surface area (Å²) in [6.07, 6.45) is 1.09. The van der Waals surface area contributed by atoms with E-state index in [-0.39, 0.29) is 0 Å². The fraction of sp³-hybridized carbons (Fsp3) is 0.188. The number of phenolic OH excluding ortho intramolecular Hbond substituents is 1. The molecule has 1 N–H and O–H groups in total. The molecule has 0 bridgehead atoms. The summed E-state index contributed by atoms with van der Waals surface area (Å²) in [7, 11) is 0. The molecule has 0 spiro atoms. The number of hydrogen-bond donors (Lipinski definition) is 1. The van der Waals surface area contributed by atoms with Crippen LogP contribution in [-0.2, 0) is 6.42 Å². The molecule has 0 unspecified atom stereocenters. The van der Waals surface area contributed by atoms with Crippen LogP contribution in [0.4, 0.5) is 0 Å². The Morgan fingerprint density at radius 1 is 1.11 bits per heavy atom. The lowest BCUT2D eigenvalue weighted by Crippen LogP contribution is -2.02. The van der Waals surface area contributed by atoms with Gasteiger partial charge in [-0.2, -0.15) is 0 Å². The molecule has 1 aliphatic heterocycles. The maximum absolute atomic E-state index is 9.57. The molecule has 4 rings (SSSR count). The van der Waals surface area contributed by atoms with Crippen molar-refractivity contribution in [2.45, 2.75) is 17.7 Å². The number of thioether (sulfide) groups is 1. The Morgan fingerprint density at radius 3 is 2.89 bits per heavy atom. The highest BCUT2D eigenvalue weighted by Crippen LogP contribution is 2.47. The lowest BCUT2D eigenvalue weighted by Gasteiger charge is -2.05. The fourth-order valence-electron chi connectivity index (χ4n) is 2.88. The van der Waals surface area contributed by atoms with Crippen molar-refractivity contribution in [3.63, 3.8) is 0 Å². The van der Waals surface area contributed by atoms with E-state index in [2.05, 4.69) is 24.3 Å². The van der Waals surface area contributed by atoms with E-state index in [1.165, 1.54) is 11.1 Å². The third-order valence-corrected chi connectivity index (χ3v) is 5.05. The molecule has 2 aromatic rings. The first kappa shape index (κ1) is 11.1. The molecule has 0 amide bonds. The zero-order chi connectivity index (χ0) is 12.8. The Bertz CT molecular complexity index is 680. The quantitative estimate of drug-likeness (QED) is 0.857. The van der Waals surface area contributed by atoms with Crippen molar-refractivity contribution >= 4 is 16.8 Å². The van der Waals surface area contributed by atoms with Gasteiger partial charge in [0.05, 0.1) is 11.1 Å². The minimum Gasteiger partial charge on any atom is -0.508 e. The molecule has 2 atom stereocenters. The van der Waals surface area contributed by atoms with Crippen molar-refractivity contribution < 1.29 is 5.11 Å². The summed E-state index contributed by atoms with van der Waals surface area (Å²) in [5, 5.41) is 11.1. The first-order valence-corrected chi connectivity index (χ1v) is 7.31. The van der Waals surface area contributed by atoms with Gasteiger partial charge in [-0.15, -0.1) is 0 Å². The number of aromatic hydroxyl groups is 1. The van der Waals surface area contributed by atoms with Crippen LogP contribution in [0, 0.1) is 0 Å². The summed E-state index contributed by atoms with van der Waals surface area (Å²) >= 11 is 1.84. The van der Waals surface area contributed by atoms with E-state index in [0.29, 0.717) is 17.0 Å². The molecular formula is C16H13NOS. The van der Waals surface area contributed by atoms with Gasteiger partial charge in [0.2, 0.25) is 0 Å². The topological polar surface area (TPSA) is 32.6 Å². The van der Waals surface area contributed by atoms with Crippen molar-refractivity contribution in [1.82, 2.24) is 0 Å². The summed E-state index contributed by atoms with van der Waals surface area (Å²) in [6, 6.07) is 16.2. The maximum Gasteiger partial charge on any atom is 0.116 e. The van der Waals surface area contributed by atoms with Crippen molar-refractivity contribution in [2.75, 3.05) is 0 Å². The molecule has 1 heterocycles. The summed E-state index contributed by atoms with van der Waals surface area (Å²) in [6.45, 7) is 0. The van der Waals surface area contributed by atoms with Gasteiger partial charge in [0, 0.05) is 10.8 Å². The Labute approximate surface area is 116 Å². The molecule has 0 saturated heterocycles. The van der Waals surface area contributed by atoms with E-state index in [4.69, 9.17) is 4.99 Å². The third-order valence-electron chi connectivity index (χ3n) is 3.76. The Hall–Kier alpha value is -1.74. The second kappa shape index (κ2) is 4.14. The Morgan fingerprint density at radius 2 is 2.00 bits per heavy atom. The molecule has 2 nitrogen and oxygen atoms in total. The predicted molar refractivity (Wildman–Crippen MR) is 78.9 cm³/mol. The van der Waals surface area contributed by atoms with Crippen LogP contribution in [0.5, 0.6) is 5.75 Å². The smallest absolute Gasteiger partial charge is 0.116 e. The summed E-state index contributed by atoms with van der Waals surface area (Å²) in [5.74, 6) is 0.304. The van der Waals surface area contributed by atoms with Gasteiger partial charge in [-0.05, 0) is 29.7 Å². The van der Waals surface area contributed by atoms with Crippen LogP contribution in [0.1, 0.15) is 22.7 Å². The number of nitrogens with zero attached hydrogens (tertiary/aromatic N) is 1. The monoisotopic (exact) mass is 267 g/mol. The molecule has 94 valence electrons. The highest BCUT2D eigenvalue weighted by Gasteiger charge is 2.38. The van der Waals surface area contributed by atoms with Crippen LogP contribution < -0.4 is 0 Å². The number of hydrogen-bond acceptors (Lipinski definition) is 3. The van der Waals surface area contributed by atoms with Crippen LogP contribution in [-0.4, -0.2) is 15.4 Å². The first-order chi connectivity index (χ1) is 9.31. The summed E-state index contributed by atoms with van der Waals surface area (Å²) in [5.41, 5.74) is 3.83. The zero-order valence-corrected chi connectivity index (χ0v) is 11.1. The van der Waals surface area contributed by atoms with Gasteiger partial charge >= 0.3 is 0 Å². The lowest BCUT2D eigenvalue weighted by molar-refractivity contribution is 0.475. The van der Waals surface area contributed by atoms with Crippen molar-refractivity contribution in [3.8, 4) is 5.75 Å². The lowest BCUT2D eigenvalue weighted by atomic mass is 10.1. The molecule has 0 aromatic heterocycles. The second-order valence-corrected chi connectivity index (χ2v) is 6.22. The van der Waals surface area contributed by atoms with E-state index in [0.717, 1.165) is 17.0 Å². The predicted octanol–water partition coefficient (Wildman–Crippen LogP) is 3.55. The van der Waals surface area contributed by atoms with Gasteiger partial charge in [-0.1, -0.05) is 48.2 Å². The Kier molecular flexibility index (Phi) is 2.42. The Balaban J connectivity index is 1.73. The highest BCUT2D eigenvalue weighted by molar-refractivity contribution is 8.15. The largest absolute Gasteiger partial charge is 0.508 e. The van der Waals surface area contributed by atoms with Crippen LogP contribution >= 0.6 is 11.8 Å². The van der Waals surface area contributed by atoms with Gasteiger partial charge < -0.3 is 5.11 Å². The summed E-state index contributed by atoms with van der Waals surface area (Å²) in [4.78, 5) is 4.87. The minimum absolute atomic E-state index is 0.290. The molecule has 2 aliphatic rings. The van der Waals surface area contributed by atoms with Crippen LogP contribution in [0.2, 0.25) is 0 Å². The average Bonchev–Trinajstić information content (AvgIpc) is 2.96. The molecule has 0 saturated carbocycles. The van der Waals surface area contributed by atoms with Crippen LogP contribution in [0.15, 0.2) is 53.5 Å². The van der Waals surface area contributed by atoms with E-state index >= 15 is 0 Å². The van der Waals surface area contributed by atoms with E-state index in [9.17, 15) is 5.11 Å². The molecule has 0 fully saturated rings. The number of fused-ring (bicyclic) bond motifs is 3.